The molecule has 0 aliphatic heterocycles. The third-order valence-electron chi connectivity index (χ3n) is 6.08. The molecule has 7 heteroatoms. The lowest BCUT2D eigenvalue weighted by Gasteiger charge is -2.25. The summed E-state index contributed by atoms with van der Waals surface area (Å²) >= 11 is 0. The van der Waals surface area contributed by atoms with Gasteiger partial charge in [-0.25, -0.2) is 9.97 Å². The molecule has 0 spiro atoms. The minimum atomic E-state index is -0.162. The molecule has 0 amide bonds. The summed E-state index contributed by atoms with van der Waals surface area (Å²) in [5, 5.41) is 18.8. The van der Waals surface area contributed by atoms with Gasteiger partial charge in [-0.2, -0.15) is 10.2 Å². The van der Waals surface area contributed by atoms with E-state index in [1.54, 1.807) is 4.68 Å². The summed E-state index contributed by atoms with van der Waals surface area (Å²) in [6.07, 6.45) is 13.1. The third-order valence-corrected chi connectivity index (χ3v) is 6.08. The van der Waals surface area contributed by atoms with Crippen molar-refractivity contribution in [1.29, 1.82) is 0 Å². The first kappa shape index (κ1) is 19.6. The van der Waals surface area contributed by atoms with E-state index in [-0.39, 0.29) is 6.10 Å². The van der Waals surface area contributed by atoms with E-state index >= 15 is 0 Å². The molecule has 3 heterocycles. The molecule has 0 radical (unpaired) electrons. The van der Waals surface area contributed by atoms with Crippen molar-refractivity contribution >= 4 is 0 Å². The van der Waals surface area contributed by atoms with Gasteiger partial charge in [0, 0.05) is 54.1 Å². The molecule has 7 nitrogen and oxygen atoms in total. The molecule has 1 fully saturated rings. The largest absolute Gasteiger partial charge is 0.393 e. The van der Waals surface area contributed by atoms with Crippen molar-refractivity contribution < 1.29 is 5.11 Å². The van der Waals surface area contributed by atoms with Gasteiger partial charge < -0.3 is 5.11 Å². The Morgan fingerprint density at radius 2 is 1.65 bits per heavy atom. The Balaban J connectivity index is 1.38. The number of rotatable bonds is 4. The molecule has 1 saturated carbocycles. The molecular weight excluding hydrogens is 388 g/mol. The molecule has 1 aliphatic rings. The summed E-state index contributed by atoms with van der Waals surface area (Å²) in [4.78, 5) is 9.27. The summed E-state index contributed by atoms with van der Waals surface area (Å²) in [6, 6.07) is 8.55. The van der Waals surface area contributed by atoms with Gasteiger partial charge >= 0.3 is 0 Å². The van der Waals surface area contributed by atoms with Crippen LogP contribution in [0.3, 0.4) is 0 Å². The Bertz CT molecular complexity index is 1190. The van der Waals surface area contributed by atoms with Crippen LogP contribution in [-0.4, -0.2) is 40.7 Å². The summed E-state index contributed by atoms with van der Waals surface area (Å²) < 4.78 is 3.85. The van der Waals surface area contributed by atoms with Gasteiger partial charge in [0.15, 0.2) is 5.82 Å². The van der Waals surface area contributed by atoms with Crippen LogP contribution in [-0.2, 0) is 7.05 Å². The standard InChI is InChI=1S/C24H26N6O/c1-16-23(15-30(28-16)21-6-8-22(31)9-7-21)19-11-25-24(26-12-19)18-5-3-4-17(10-18)20-13-27-29(2)14-20/h3-5,10-15,21-22,31H,6-9H2,1-2H3. The zero-order valence-electron chi connectivity index (χ0n) is 17.8. The number of aryl methyl sites for hydroxylation is 2. The van der Waals surface area contributed by atoms with Crippen molar-refractivity contribution in [3.8, 4) is 33.6 Å². The smallest absolute Gasteiger partial charge is 0.159 e. The maximum atomic E-state index is 9.76. The van der Waals surface area contributed by atoms with Crippen molar-refractivity contribution in [3.05, 3.63) is 60.9 Å². The summed E-state index contributed by atoms with van der Waals surface area (Å²) in [7, 11) is 1.91. The van der Waals surface area contributed by atoms with Crippen LogP contribution in [0.2, 0.25) is 0 Å². The first-order valence-electron chi connectivity index (χ1n) is 10.7. The second kappa shape index (κ2) is 8.07. The normalized spacial score (nSPS) is 18.9. The zero-order valence-corrected chi connectivity index (χ0v) is 17.8. The Kier molecular flexibility index (Phi) is 5.11. The van der Waals surface area contributed by atoms with Crippen molar-refractivity contribution in [3.63, 3.8) is 0 Å². The molecular formula is C24H26N6O. The van der Waals surface area contributed by atoms with E-state index in [1.807, 2.05) is 50.9 Å². The number of hydrogen-bond donors (Lipinski definition) is 1. The predicted molar refractivity (Wildman–Crippen MR) is 119 cm³/mol. The van der Waals surface area contributed by atoms with Crippen LogP contribution in [0.25, 0.3) is 33.6 Å². The fraction of sp³-hybridized carbons (Fsp3) is 0.333. The quantitative estimate of drug-likeness (QED) is 0.541. The van der Waals surface area contributed by atoms with Crippen LogP contribution in [0.4, 0.5) is 0 Å². The minimum absolute atomic E-state index is 0.162. The lowest BCUT2D eigenvalue weighted by molar-refractivity contribution is 0.108. The van der Waals surface area contributed by atoms with Crippen LogP contribution < -0.4 is 0 Å². The predicted octanol–water partition coefficient (Wildman–Crippen LogP) is 4.19. The van der Waals surface area contributed by atoms with E-state index in [0.717, 1.165) is 59.2 Å². The number of nitrogens with zero attached hydrogens (tertiary/aromatic N) is 6. The Hall–Kier alpha value is -3.32. The van der Waals surface area contributed by atoms with Crippen molar-refractivity contribution in [2.75, 3.05) is 0 Å². The summed E-state index contributed by atoms with van der Waals surface area (Å²) in [6.45, 7) is 2.02. The lowest BCUT2D eigenvalue weighted by Crippen LogP contribution is -2.21. The number of aromatic nitrogens is 6. The third kappa shape index (κ3) is 4.01. The van der Waals surface area contributed by atoms with Gasteiger partial charge in [0.25, 0.3) is 0 Å². The second-order valence-corrected chi connectivity index (χ2v) is 8.35. The summed E-state index contributed by atoms with van der Waals surface area (Å²) in [5.41, 5.74) is 6.13. The maximum absolute atomic E-state index is 9.76. The van der Waals surface area contributed by atoms with E-state index < -0.39 is 0 Å². The fourth-order valence-electron chi connectivity index (χ4n) is 4.30. The van der Waals surface area contributed by atoms with Gasteiger partial charge in [-0.3, -0.25) is 9.36 Å². The molecule has 4 aromatic rings. The molecule has 0 bridgehead atoms. The maximum Gasteiger partial charge on any atom is 0.159 e. The fourth-order valence-corrected chi connectivity index (χ4v) is 4.30. The molecule has 1 aromatic carbocycles. The average molecular weight is 415 g/mol. The van der Waals surface area contributed by atoms with Gasteiger partial charge in [-0.1, -0.05) is 18.2 Å². The van der Waals surface area contributed by atoms with Crippen molar-refractivity contribution in [2.45, 2.75) is 44.8 Å². The van der Waals surface area contributed by atoms with Crippen molar-refractivity contribution in [1.82, 2.24) is 29.5 Å². The van der Waals surface area contributed by atoms with Gasteiger partial charge in [0.1, 0.15) is 0 Å². The van der Waals surface area contributed by atoms with Crippen LogP contribution in [0, 0.1) is 6.92 Å². The number of hydrogen-bond acceptors (Lipinski definition) is 5. The SMILES string of the molecule is Cc1nn(C2CCC(O)CC2)cc1-c1cnc(-c2cccc(-c3cnn(C)c3)c2)nc1. The highest BCUT2D eigenvalue weighted by atomic mass is 16.3. The highest BCUT2D eigenvalue weighted by Crippen LogP contribution is 2.31. The van der Waals surface area contributed by atoms with Gasteiger partial charge in [0.2, 0.25) is 0 Å². The molecule has 3 aromatic heterocycles. The van der Waals surface area contributed by atoms with Gasteiger partial charge in [0.05, 0.1) is 24.0 Å². The summed E-state index contributed by atoms with van der Waals surface area (Å²) in [5.74, 6) is 0.695. The number of benzene rings is 1. The van der Waals surface area contributed by atoms with Crippen molar-refractivity contribution in [2.24, 2.45) is 7.05 Å². The monoisotopic (exact) mass is 414 g/mol. The molecule has 158 valence electrons. The van der Waals surface area contributed by atoms with Crippen LogP contribution >= 0.6 is 0 Å². The van der Waals surface area contributed by atoms with Gasteiger partial charge in [-0.05, 0) is 44.2 Å². The number of aliphatic hydroxyl groups excluding tert-OH is 1. The minimum Gasteiger partial charge on any atom is -0.393 e. The van der Waals surface area contributed by atoms with Crippen LogP contribution in [0.15, 0.2) is 55.2 Å². The van der Waals surface area contributed by atoms with E-state index in [2.05, 4.69) is 38.1 Å². The highest BCUT2D eigenvalue weighted by Gasteiger charge is 2.22. The van der Waals surface area contributed by atoms with Gasteiger partial charge in [-0.15, -0.1) is 0 Å². The average Bonchev–Trinajstić information content (AvgIpc) is 3.40. The Morgan fingerprint density at radius 1 is 0.903 bits per heavy atom. The molecule has 31 heavy (non-hydrogen) atoms. The molecule has 1 aliphatic carbocycles. The molecule has 5 rings (SSSR count). The highest BCUT2D eigenvalue weighted by molar-refractivity contribution is 5.70. The van der Waals surface area contributed by atoms with E-state index in [9.17, 15) is 5.11 Å². The topological polar surface area (TPSA) is 81.6 Å². The number of aliphatic hydroxyl groups is 1. The Labute approximate surface area is 181 Å². The van der Waals surface area contributed by atoms with Crippen LogP contribution in [0.5, 0.6) is 0 Å². The first-order chi connectivity index (χ1) is 15.1. The van der Waals surface area contributed by atoms with Crippen LogP contribution in [0.1, 0.15) is 37.4 Å². The zero-order chi connectivity index (χ0) is 21.4. The lowest BCUT2D eigenvalue weighted by atomic mass is 9.93. The molecule has 0 saturated heterocycles. The first-order valence-corrected chi connectivity index (χ1v) is 10.7. The Morgan fingerprint density at radius 3 is 2.35 bits per heavy atom. The second-order valence-electron chi connectivity index (χ2n) is 8.35. The van der Waals surface area contributed by atoms with E-state index in [1.165, 1.54) is 0 Å². The van der Waals surface area contributed by atoms with E-state index in [4.69, 9.17) is 5.10 Å². The van der Waals surface area contributed by atoms with E-state index in [0.29, 0.717) is 11.9 Å². The molecule has 1 N–H and O–H groups in total. The molecule has 0 unspecified atom stereocenters. The molecule has 0 atom stereocenters.